The first-order chi connectivity index (χ1) is 7.96. The van der Waals surface area contributed by atoms with Crippen LogP contribution in [-0.4, -0.2) is 48.6 Å². The second kappa shape index (κ2) is 4.62. The predicted octanol–water partition coefficient (Wildman–Crippen LogP) is 0.772. The molecule has 96 valence electrons. The van der Waals surface area contributed by atoms with Gasteiger partial charge in [0.1, 0.15) is 0 Å². The van der Waals surface area contributed by atoms with E-state index in [-0.39, 0.29) is 17.9 Å². The van der Waals surface area contributed by atoms with E-state index in [1.807, 2.05) is 13.8 Å². The molecule has 0 aliphatic carbocycles. The summed E-state index contributed by atoms with van der Waals surface area (Å²) in [4.78, 5) is 11.8. The van der Waals surface area contributed by atoms with Crippen LogP contribution in [0, 0.1) is 5.92 Å². The number of alkyl halides is 1. The number of aliphatic hydroxyl groups is 1. The summed E-state index contributed by atoms with van der Waals surface area (Å²) in [5, 5.41) is 13.0. The van der Waals surface area contributed by atoms with Crippen LogP contribution in [-0.2, 0) is 7.90 Å². The number of fused-ring (bicyclic) bond motifs is 1. The fraction of sp³-hybridized carbons (Fsp3) is 0.727. The van der Waals surface area contributed by atoms with Crippen LogP contribution < -0.4 is 5.32 Å². The third-order valence-electron chi connectivity index (χ3n) is 3.48. The number of rotatable bonds is 4. The Balaban J connectivity index is 2.34. The van der Waals surface area contributed by atoms with Gasteiger partial charge in [0.2, 0.25) is 0 Å². The van der Waals surface area contributed by atoms with Crippen LogP contribution in [0.3, 0.4) is 0 Å². The molecule has 0 bridgehead atoms. The molecule has 1 amide bonds. The Morgan fingerprint density at radius 2 is 2.29 bits per heavy atom. The average Bonchev–Trinajstić information content (AvgIpc) is 2.46. The molecule has 0 saturated carbocycles. The summed E-state index contributed by atoms with van der Waals surface area (Å²) in [5.74, 6) is 0.110. The van der Waals surface area contributed by atoms with Gasteiger partial charge in [-0.15, -0.1) is 0 Å². The zero-order valence-electron chi connectivity index (χ0n) is 9.77. The third-order valence-corrected chi connectivity index (χ3v) is 8.93. The van der Waals surface area contributed by atoms with Gasteiger partial charge in [0.15, 0.2) is 0 Å². The van der Waals surface area contributed by atoms with Gasteiger partial charge < -0.3 is 0 Å². The van der Waals surface area contributed by atoms with Crippen molar-refractivity contribution in [1.29, 1.82) is 0 Å². The molecule has 2 aliphatic heterocycles. The monoisotopic (exact) mass is 375 g/mol. The number of nitrogens with one attached hydrogen (secondary N) is 1. The molecular formula is C11H16ClNO3Te. The van der Waals surface area contributed by atoms with Crippen molar-refractivity contribution >= 4 is 37.0 Å². The van der Waals surface area contributed by atoms with Crippen LogP contribution in [0.15, 0.2) is 9.70 Å². The Labute approximate surface area is 112 Å². The number of carbonyl (C=O) groups is 1. The van der Waals surface area contributed by atoms with E-state index in [0.717, 1.165) is 5.57 Å². The number of carbonyl (C=O) groups excluding carboxylic acids is 1. The van der Waals surface area contributed by atoms with Crippen molar-refractivity contribution in [2.24, 2.45) is 5.92 Å². The summed E-state index contributed by atoms with van der Waals surface area (Å²) in [7, 11) is 0. The molecule has 0 aromatic heterocycles. The van der Waals surface area contributed by atoms with Crippen LogP contribution in [0.1, 0.15) is 20.3 Å². The molecule has 1 fully saturated rings. The van der Waals surface area contributed by atoms with Gasteiger partial charge in [-0.3, -0.25) is 0 Å². The SMILES string of the molecule is CC(C)[C@H](O)[C@]12C(=O)N[C@H]1C(CCCl)=C[Te]2=O. The first-order valence-electron chi connectivity index (χ1n) is 5.62. The summed E-state index contributed by atoms with van der Waals surface area (Å²) in [6.45, 7) is 3.68. The van der Waals surface area contributed by atoms with Gasteiger partial charge in [0.05, 0.1) is 0 Å². The zero-order chi connectivity index (χ0) is 12.8. The number of hydrogen-bond acceptors (Lipinski definition) is 3. The number of amides is 1. The summed E-state index contributed by atoms with van der Waals surface area (Å²) in [6, 6.07) is -0.250. The van der Waals surface area contributed by atoms with Crippen LogP contribution in [0.4, 0.5) is 0 Å². The Morgan fingerprint density at radius 1 is 1.65 bits per heavy atom. The van der Waals surface area contributed by atoms with Crippen molar-refractivity contribution in [3.05, 3.63) is 9.70 Å². The fourth-order valence-electron chi connectivity index (χ4n) is 2.51. The second-order valence-corrected chi connectivity index (χ2v) is 9.49. The molecule has 0 aromatic carbocycles. The Bertz CT molecular complexity index is 410. The Morgan fingerprint density at radius 3 is 2.76 bits per heavy atom. The molecule has 1 saturated heterocycles. The van der Waals surface area contributed by atoms with Crippen LogP contribution >= 0.6 is 11.6 Å². The fourth-order valence-corrected chi connectivity index (χ4v) is 8.21. The van der Waals surface area contributed by atoms with Crippen molar-refractivity contribution < 1.29 is 13.0 Å². The number of aliphatic hydroxyl groups excluding tert-OH is 1. The van der Waals surface area contributed by atoms with Gasteiger partial charge in [-0.1, -0.05) is 0 Å². The van der Waals surface area contributed by atoms with Gasteiger partial charge in [-0.05, 0) is 0 Å². The summed E-state index contributed by atoms with van der Waals surface area (Å²) < 4.78 is 13.0. The molecule has 6 heteroatoms. The van der Waals surface area contributed by atoms with Gasteiger partial charge >= 0.3 is 113 Å². The van der Waals surface area contributed by atoms with Gasteiger partial charge in [-0.25, -0.2) is 0 Å². The molecule has 2 rings (SSSR count). The van der Waals surface area contributed by atoms with E-state index < -0.39 is 29.1 Å². The van der Waals surface area contributed by atoms with E-state index in [1.165, 1.54) is 0 Å². The van der Waals surface area contributed by atoms with E-state index in [4.69, 9.17) is 11.6 Å². The van der Waals surface area contributed by atoms with E-state index in [9.17, 15) is 13.0 Å². The Kier molecular flexibility index (Phi) is 3.66. The number of halogens is 1. The van der Waals surface area contributed by atoms with Crippen LogP contribution in [0.2, 0.25) is 3.46 Å². The molecule has 2 N–H and O–H groups in total. The average molecular weight is 373 g/mol. The summed E-state index contributed by atoms with van der Waals surface area (Å²) >= 11 is 2.72. The maximum atomic E-state index is 12.3. The molecule has 0 radical (unpaired) electrons. The van der Waals surface area contributed by atoms with Crippen molar-refractivity contribution in [3.63, 3.8) is 0 Å². The molecule has 17 heavy (non-hydrogen) atoms. The molecular weight excluding hydrogens is 357 g/mol. The predicted molar refractivity (Wildman–Crippen MR) is 65.3 cm³/mol. The molecule has 0 aromatic rings. The minimum atomic E-state index is -2.97. The van der Waals surface area contributed by atoms with Crippen molar-refractivity contribution in [2.75, 3.05) is 5.88 Å². The summed E-state index contributed by atoms with van der Waals surface area (Å²) in [6.07, 6.45) is -0.210. The van der Waals surface area contributed by atoms with Crippen molar-refractivity contribution in [3.8, 4) is 0 Å². The minimum absolute atomic E-state index is 0.0790. The first-order valence-corrected chi connectivity index (χ1v) is 9.62. The van der Waals surface area contributed by atoms with Crippen molar-refractivity contribution in [1.82, 2.24) is 5.32 Å². The topological polar surface area (TPSA) is 66.4 Å². The molecule has 0 spiro atoms. The van der Waals surface area contributed by atoms with Gasteiger partial charge in [-0.2, -0.15) is 0 Å². The van der Waals surface area contributed by atoms with Gasteiger partial charge in [0.25, 0.3) is 0 Å². The van der Waals surface area contributed by atoms with Crippen LogP contribution in [0.5, 0.6) is 0 Å². The summed E-state index contributed by atoms with van der Waals surface area (Å²) in [5.41, 5.74) is 0.936. The van der Waals surface area contributed by atoms with E-state index >= 15 is 0 Å². The molecule has 0 unspecified atom stereocenters. The first kappa shape index (κ1) is 13.5. The van der Waals surface area contributed by atoms with Crippen LogP contribution in [0.25, 0.3) is 0 Å². The molecule has 3 atom stereocenters. The Hall–Kier alpha value is 0.0496. The molecule has 4 nitrogen and oxygen atoms in total. The normalized spacial score (nSPS) is 34.1. The van der Waals surface area contributed by atoms with E-state index in [0.29, 0.717) is 12.3 Å². The molecule has 2 aliphatic rings. The van der Waals surface area contributed by atoms with Crippen molar-refractivity contribution in [2.45, 2.75) is 35.9 Å². The quantitative estimate of drug-likeness (QED) is 0.435. The number of hydrogen-bond donors (Lipinski definition) is 2. The standard InChI is InChI=1S/C11H16ClNO3Te/c1-6(2)9(14)11-8(13-10(11)15)7(3-4-12)5-17(11)16/h5-6,8-9,14H,3-4H2,1-2H3,(H,13,15)/t8-,9-,11-/m0/s1. The van der Waals surface area contributed by atoms with Gasteiger partial charge in [0, 0.05) is 0 Å². The molecule has 2 heterocycles. The maximum absolute atomic E-state index is 12.3. The second-order valence-electron chi connectivity index (χ2n) is 4.82. The zero-order valence-corrected chi connectivity index (χ0v) is 12.9. The van der Waals surface area contributed by atoms with E-state index in [1.54, 1.807) is 4.12 Å². The number of β-lactam (4-membered cyclic amide) rings is 1. The third kappa shape index (κ3) is 1.71. The van der Waals surface area contributed by atoms with E-state index in [2.05, 4.69) is 5.32 Å².